The van der Waals surface area contributed by atoms with E-state index < -0.39 is 36.0 Å². The highest BCUT2D eigenvalue weighted by atomic mass is 16.2. The van der Waals surface area contributed by atoms with E-state index in [-0.39, 0.29) is 6.04 Å². The number of hydrogen-bond acceptors (Lipinski definition) is 4. The quantitative estimate of drug-likeness (QED) is 0.668. The number of carbonyl (C=O) groups excluding carboxylic acids is 4. The average Bonchev–Trinajstić information content (AvgIpc) is 2.80. The van der Waals surface area contributed by atoms with E-state index in [1.54, 1.807) is 38.1 Å². The zero-order chi connectivity index (χ0) is 19.3. The first-order chi connectivity index (χ1) is 12.3. The van der Waals surface area contributed by atoms with Crippen molar-refractivity contribution in [3.63, 3.8) is 0 Å². The van der Waals surface area contributed by atoms with Crippen LogP contribution in [0, 0.1) is 0 Å². The minimum absolute atomic E-state index is 0.144. The summed E-state index contributed by atoms with van der Waals surface area (Å²) < 4.78 is 0. The lowest BCUT2D eigenvalue weighted by Gasteiger charge is -2.26. The summed E-state index contributed by atoms with van der Waals surface area (Å²) in [6, 6.07) is 7.49. The predicted octanol–water partition coefficient (Wildman–Crippen LogP) is 1.47. The van der Waals surface area contributed by atoms with Crippen LogP contribution in [0.1, 0.15) is 39.2 Å². The standard InChI is InChI=1S/C18H24N4O4/c1-4-10-18(13-8-6-5-7-9-13)15(24)22(17(26)21-18)11-14(23)20-16(25)19-12(2)3/h5-9,12H,4,10-11H2,1-3H3,(H,21,26)(H2,19,20,23,25)/t18-/m0/s1. The lowest BCUT2D eigenvalue weighted by molar-refractivity contribution is -0.135. The number of benzene rings is 1. The molecule has 6 amide bonds. The van der Waals surface area contributed by atoms with Gasteiger partial charge in [0.2, 0.25) is 5.91 Å². The Kier molecular flexibility index (Phi) is 5.97. The topological polar surface area (TPSA) is 108 Å². The average molecular weight is 360 g/mol. The minimum atomic E-state index is -1.19. The molecule has 140 valence electrons. The third-order valence-electron chi connectivity index (χ3n) is 4.04. The van der Waals surface area contributed by atoms with Crippen molar-refractivity contribution < 1.29 is 19.2 Å². The molecular weight excluding hydrogens is 336 g/mol. The van der Waals surface area contributed by atoms with Gasteiger partial charge in [-0.2, -0.15) is 0 Å². The Morgan fingerprint density at radius 1 is 1.19 bits per heavy atom. The molecule has 0 aliphatic carbocycles. The molecule has 8 nitrogen and oxygen atoms in total. The van der Waals surface area contributed by atoms with Gasteiger partial charge < -0.3 is 10.6 Å². The third-order valence-corrected chi connectivity index (χ3v) is 4.04. The third kappa shape index (κ3) is 4.01. The van der Waals surface area contributed by atoms with Gasteiger partial charge in [0.15, 0.2) is 0 Å². The van der Waals surface area contributed by atoms with Gasteiger partial charge in [-0.05, 0) is 25.8 Å². The SMILES string of the molecule is CCC[C@@]1(c2ccccc2)NC(=O)N(CC(=O)NC(=O)NC(C)C)C1=O. The minimum Gasteiger partial charge on any atom is -0.336 e. The highest BCUT2D eigenvalue weighted by Crippen LogP contribution is 2.33. The number of nitrogens with one attached hydrogen (secondary N) is 3. The molecule has 1 heterocycles. The van der Waals surface area contributed by atoms with Gasteiger partial charge in [0, 0.05) is 6.04 Å². The maximum atomic E-state index is 13.0. The molecule has 0 bridgehead atoms. The molecule has 8 heteroatoms. The first-order valence-corrected chi connectivity index (χ1v) is 8.60. The van der Waals surface area contributed by atoms with Crippen LogP contribution < -0.4 is 16.0 Å². The summed E-state index contributed by atoms with van der Waals surface area (Å²) in [6.07, 6.45) is 1.07. The van der Waals surface area contributed by atoms with Crippen LogP contribution in [-0.4, -0.2) is 41.4 Å². The van der Waals surface area contributed by atoms with Crippen molar-refractivity contribution >= 4 is 23.9 Å². The predicted molar refractivity (Wildman–Crippen MR) is 95.1 cm³/mol. The molecule has 1 aromatic rings. The van der Waals surface area contributed by atoms with Gasteiger partial charge in [0.1, 0.15) is 12.1 Å². The fourth-order valence-corrected chi connectivity index (χ4v) is 2.98. The van der Waals surface area contributed by atoms with Gasteiger partial charge in [-0.3, -0.25) is 19.8 Å². The molecule has 3 N–H and O–H groups in total. The monoisotopic (exact) mass is 360 g/mol. The zero-order valence-electron chi connectivity index (χ0n) is 15.2. The molecule has 1 atom stereocenters. The van der Waals surface area contributed by atoms with Crippen LogP contribution in [0.2, 0.25) is 0 Å². The fourth-order valence-electron chi connectivity index (χ4n) is 2.98. The van der Waals surface area contributed by atoms with Crippen molar-refractivity contribution in [2.45, 2.75) is 45.2 Å². The summed E-state index contributed by atoms with van der Waals surface area (Å²) in [5.41, 5.74) is -0.520. The van der Waals surface area contributed by atoms with E-state index in [9.17, 15) is 19.2 Å². The van der Waals surface area contributed by atoms with Crippen molar-refractivity contribution in [2.75, 3.05) is 6.54 Å². The van der Waals surface area contributed by atoms with Crippen molar-refractivity contribution in [3.8, 4) is 0 Å². The summed E-state index contributed by atoms with van der Waals surface area (Å²) in [6.45, 7) is 4.89. The number of urea groups is 2. The summed E-state index contributed by atoms with van der Waals surface area (Å²) in [4.78, 5) is 49.8. The van der Waals surface area contributed by atoms with E-state index in [0.717, 1.165) is 4.90 Å². The van der Waals surface area contributed by atoms with E-state index in [1.165, 1.54) is 0 Å². The van der Waals surface area contributed by atoms with E-state index in [0.29, 0.717) is 18.4 Å². The van der Waals surface area contributed by atoms with Gasteiger partial charge >= 0.3 is 12.1 Å². The molecule has 1 aliphatic heterocycles. The van der Waals surface area contributed by atoms with Crippen LogP contribution in [0.3, 0.4) is 0 Å². The van der Waals surface area contributed by atoms with Crippen LogP contribution in [0.25, 0.3) is 0 Å². The molecule has 0 saturated carbocycles. The maximum absolute atomic E-state index is 13.0. The second-order valence-corrected chi connectivity index (χ2v) is 6.52. The van der Waals surface area contributed by atoms with Crippen LogP contribution in [0.4, 0.5) is 9.59 Å². The van der Waals surface area contributed by atoms with Gasteiger partial charge in [0.25, 0.3) is 5.91 Å². The van der Waals surface area contributed by atoms with Gasteiger partial charge in [-0.1, -0.05) is 43.7 Å². The summed E-state index contributed by atoms with van der Waals surface area (Å²) in [5.74, 6) is -1.22. The molecule has 2 rings (SSSR count). The van der Waals surface area contributed by atoms with Gasteiger partial charge in [0.05, 0.1) is 0 Å². The van der Waals surface area contributed by atoms with Crippen LogP contribution in [-0.2, 0) is 15.1 Å². The number of carbonyl (C=O) groups is 4. The first-order valence-electron chi connectivity index (χ1n) is 8.60. The largest absolute Gasteiger partial charge is 0.336 e. The Morgan fingerprint density at radius 3 is 2.42 bits per heavy atom. The van der Waals surface area contributed by atoms with Crippen molar-refractivity contribution in [1.29, 1.82) is 0 Å². The summed E-state index contributed by atoms with van der Waals surface area (Å²) in [5, 5.41) is 7.36. The zero-order valence-corrected chi connectivity index (χ0v) is 15.2. The molecule has 1 aliphatic rings. The Balaban J connectivity index is 2.16. The Morgan fingerprint density at radius 2 is 1.85 bits per heavy atom. The lowest BCUT2D eigenvalue weighted by atomic mass is 9.85. The normalized spacial score (nSPS) is 19.5. The van der Waals surface area contributed by atoms with Crippen molar-refractivity contribution in [2.24, 2.45) is 0 Å². The molecule has 1 fully saturated rings. The van der Waals surface area contributed by atoms with E-state index in [4.69, 9.17) is 0 Å². The molecule has 0 aromatic heterocycles. The van der Waals surface area contributed by atoms with Crippen molar-refractivity contribution in [3.05, 3.63) is 35.9 Å². The smallest absolute Gasteiger partial charge is 0.325 e. The van der Waals surface area contributed by atoms with Crippen LogP contribution in [0.15, 0.2) is 30.3 Å². The van der Waals surface area contributed by atoms with E-state index in [2.05, 4.69) is 16.0 Å². The van der Waals surface area contributed by atoms with E-state index in [1.807, 2.05) is 13.0 Å². The maximum Gasteiger partial charge on any atom is 0.325 e. The molecule has 26 heavy (non-hydrogen) atoms. The fraction of sp³-hybridized carbons (Fsp3) is 0.444. The van der Waals surface area contributed by atoms with Crippen LogP contribution >= 0.6 is 0 Å². The molecule has 0 radical (unpaired) electrons. The lowest BCUT2D eigenvalue weighted by Crippen LogP contribution is -2.48. The summed E-state index contributed by atoms with van der Waals surface area (Å²) >= 11 is 0. The Bertz CT molecular complexity index is 704. The number of amides is 6. The Labute approximate surface area is 152 Å². The summed E-state index contributed by atoms with van der Waals surface area (Å²) in [7, 11) is 0. The number of imide groups is 2. The second kappa shape index (κ2) is 7.99. The van der Waals surface area contributed by atoms with Gasteiger partial charge in [-0.15, -0.1) is 0 Å². The molecule has 1 saturated heterocycles. The highest BCUT2D eigenvalue weighted by Gasteiger charge is 2.52. The highest BCUT2D eigenvalue weighted by molar-refractivity contribution is 6.10. The Hall–Kier alpha value is -2.90. The van der Waals surface area contributed by atoms with Crippen molar-refractivity contribution in [1.82, 2.24) is 20.9 Å². The number of nitrogens with zero attached hydrogens (tertiary/aromatic N) is 1. The second-order valence-electron chi connectivity index (χ2n) is 6.52. The van der Waals surface area contributed by atoms with Gasteiger partial charge in [-0.25, -0.2) is 9.59 Å². The molecular formula is C18H24N4O4. The molecule has 0 unspecified atom stereocenters. The first kappa shape index (κ1) is 19.4. The molecule has 0 spiro atoms. The number of hydrogen-bond donors (Lipinski definition) is 3. The van der Waals surface area contributed by atoms with E-state index >= 15 is 0 Å². The van der Waals surface area contributed by atoms with Crippen LogP contribution in [0.5, 0.6) is 0 Å². The molecule has 1 aromatic carbocycles. The number of rotatable bonds is 6.